The zero-order chi connectivity index (χ0) is 26.3. The summed E-state index contributed by atoms with van der Waals surface area (Å²) in [6.45, 7) is 9.63. The van der Waals surface area contributed by atoms with Crippen LogP contribution in [0.2, 0.25) is 5.02 Å². The minimum Gasteiger partial charge on any atom is -0.384 e. The van der Waals surface area contributed by atoms with E-state index in [9.17, 15) is 0 Å². The standard InChI is InChI=1S/C29H40ClN3O5/c1-18-5-8-23-19(2)26(35-27-29(23)22(18)9-11-28(3,36-27)37-38-29)34-16-15-31-12-4-13-32-24-10-14-33-25-17-20(30)6-7-21(24)25/h6-7,10,14,17-19,22-23,26-27,31H,4-5,8-9,11-13,15-16H2,1-3H3,(H,32,33)/t18-,19-,22?,23?,26+,27-,28+,29-/m1/s1. The number of pyridine rings is 1. The van der Waals surface area contributed by atoms with Crippen molar-refractivity contribution in [3.63, 3.8) is 0 Å². The Kier molecular flexibility index (Phi) is 7.59. The molecule has 4 aliphatic heterocycles. The van der Waals surface area contributed by atoms with Crippen molar-refractivity contribution >= 4 is 28.2 Å². The van der Waals surface area contributed by atoms with Crippen molar-refractivity contribution in [3.05, 3.63) is 35.5 Å². The summed E-state index contributed by atoms with van der Waals surface area (Å²) in [6.07, 6.45) is 6.16. The minimum absolute atomic E-state index is 0.199. The van der Waals surface area contributed by atoms with Gasteiger partial charge in [0.25, 0.3) is 0 Å². The maximum atomic E-state index is 6.49. The number of aromatic nitrogens is 1. The second-order valence-corrected chi connectivity index (χ2v) is 12.1. The largest absolute Gasteiger partial charge is 0.384 e. The van der Waals surface area contributed by atoms with Crippen LogP contribution in [-0.4, -0.2) is 55.2 Å². The van der Waals surface area contributed by atoms with Gasteiger partial charge in [0, 0.05) is 53.6 Å². The van der Waals surface area contributed by atoms with Gasteiger partial charge in [-0.1, -0.05) is 25.4 Å². The summed E-state index contributed by atoms with van der Waals surface area (Å²) in [7, 11) is 0. The molecule has 9 heteroatoms. The lowest BCUT2D eigenvalue weighted by atomic mass is 9.58. The number of ether oxygens (including phenoxy) is 3. The molecule has 1 spiro atoms. The van der Waals surface area contributed by atoms with Gasteiger partial charge in [-0.3, -0.25) is 4.98 Å². The highest BCUT2D eigenvalue weighted by molar-refractivity contribution is 6.31. The molecule has 1 aromatic carbocycles. The van der Waals surface area contributed by atoms with Crippen LogP contribution < -0.4 is 10.6 Å². The van der Waals surface area contributed by atoms with Crippen molar-refractivity contribution in [2.75, 3.05) is 31.6 Å². The number of anilines is 1. The van der Waals surface area contributed by atoms with E-state index in [1.165, 1.54) is 6.42 Å². The highest BCUT2D eigenvalue weighted by Gasteiger charge is 2.69. The van der Waals surface area contributed by atoms with Crippen molar-refractivity contribution in [2.45, 2.75) is 76.8 Å². The van der Waals surface area contributed by atoms with Gasteiger partial charge < -0.3 is 24.8 Å². The van der Waals surface area contributed by atoms with Crippen molar-refractivity contribution in [3.8, 4) is 0 Å². The highest BCUT2D eigenvalue weighted by atomic mass is 35.5. The van der Waals surface area contributed by atoms with E-state index in [1.807, 2.05) is 37.4 Å². The number of hydrogen-bond acceptors (Lipinski definition) is 8. The molecule has 1 aliphatic carbocycles. The summed E-state index contributed by atoms with van der Waals surface area (Å²) >= 11 is 6.10. The Morgan fingerprint density at radius 3 is 2.87 bits per heavy atom. The van der Waals surface area contributed by atoms with Crippen LogP contribution in [0.3, 0.4) is 0 Å². The Balaban J connectivity index is 0.967. The van der Waals surface area contributed by atoms with Crippen molar-refractivity contribution in [1.82, 2.24) is 10.3 Å². The summed E-state index contributed by atoms with van der Waals surface area (Å²) in [5.74, 6) is 0.661. The maximum absolute atomic E-state index is 6.49. The number of nitrogens with one attached hydrogen (secondary N) is 2. The Morgan fingerprint density at radius 1 is 1.08 bits per heavy atom. The van der Waals surface area contributed by atoms with Gasteiger partial charge in [-0.2, -0.15) is 0 Å². The molecule has 8 atom stereocenters. The maximum Gasteiger partial charge on any atom is 0.201 e. The van der Waals surface area contributed by atoms with E-state index in [2.05, 4.69) is 29.5 Å². The van der Waals surface area contributed by atoms with Crippen LogP contribution >= 0.6 is 11.6 Å². The lowest BCUT2D eigenvalue weighted by Gasteiger charge is -2.60. The average Bonchev–Trinajstić information content (AvgIpc) is 3.14. The quantitative estimate of drug-likeness (QED) is 0.315. The first kappa shape index (κ1) is 26.7. The van der Waals surface area contributed by atoms with E-state index >= 15 is 0 Å². The fourth-order valence-corrected chi connectivity index (χ4v) is 7.31. The molecule has 2 bridgehead atoms. The molecule has 1 aromatic heterocycles. The Hall–Kier alpha value is -1.52. The number of halogens is 1. The van der Waals surface area contributed by atoms with Crippen LogP contribution in [0.5, 0.6) is 0 Å². The van der Waals surface area contributed by atoms with E-state index in [0.717, 1.165) is 61.9 Å². The van der Waals surface area contributed by atoms with Gasteiger partial charge >= 0.3 is 0 Å². The number of hydrogen-bond donors (Lipinski definition) is 2. The lowest BCUT2D eigenvalue weighted by molar-refractivity contribution is -0.577. The Bertz CT molecular complexity index is 1140. The summed E-state index contributed by atoms with van der Waals surface area (Å²) in [6, 6.07) is 7.80. The van der Waals surface area contributed by atoms with Crippen LogP contribution in [0.25, 0.3) is 10.9 Å². The molecule has 2 unspecified atom stereocenters. The van der Waals surface area contributed by atoms with Gasteiger partial charge in [0.2, 0.25) is 5.79 Å². The zero-order valence-electron chi connectivity index (χ0n) is 22.6. The molecule has 0 radical (unpaired) electrons. The number of fused-ring (bicyclic) bond motifs is 3. The highest BCUT2D eigenvalue weighted by Crippen LogP contribution is 2.60. The molecule has 2 aromatic rings. The lowest BCUT2D eigenvalue weighted by Crippen LogP contribution is -2.70. The topological polar surface area (TPSA) is 83.1 Å². The molecular formula is C29H40ClN3O5. The molecular weight excluding hydrogens is 506 g/mol. The van der Waals surface area contributed by atoms with E-state index in [-0.39, 0.29) is 18.1 Å². The third kappa shape index (κ3) is 4.83. The Labute approximate surface area is 230 Å². The van der Waals surface area contributed by atoms with Crippen molar-refractivity contribution < 1.29 is 24.0 Å². The molecule has 5 fully saturated rings. The predicted octanol–water partition coefficient (Wildman–Crippen LogP) is 5.50. The molecule has 0 amide bonds. The SMILES string of the molecule is C[C@@H]1CCC2[C@@H](C)[C@@H](OCCNCCCNc3ccnc4cc(Cl)ccc34)O[C@@H]3O[C@]4(C)CCC1[C@@]23OO4. The first-order chi connectivity index (χ1) is 18.4. The normalized spacial score (nSPS) is 38.1. The van der Waals surface area contributed by atoms with Gasteiger partial charge in [-0.05, 0) is 75.3 Å². The third-order valence-corrected chi connectivity index (χ3v) is 9.44. The number of rotatable bonds is 9. The molecule has 7 rings (SSSR count). The molecule has 38 heavy (non-hydrogen) atoms. The summed E-state index contributed by atoms with van der Waals surface area (Å²) in [4.78, 5) is 16.5. The van der Waals surface area contributed by atoms with Crippen LogP contribution in [0, 0.1) is 23.7 Å². The van der Waals surface area contributed by atoms with Crippen LogP contribution in [0.1, 0.15) is 52.9 Å². The second kappa shape index (κ2) is 10.8. The average molecular weight is 546 g/mol. The monoisotopic (exact) mass is 545 g/mol. The molecule has 5 heterocycles. The Morgan fingerprint density at radius 2 is 1.97 bits per heavy atom. The molecule has 1 saturated carbocycles. The molecule has 5 aliphatic rings. The predicted molar refractivity (Wildman–Crippen MR) is 146 cm³/mol. The summed E-state index contributed by atoms with van der Waals surface area (Å²) < 4.78 is 19.2. The van der Waals surface area contributed by atoms with Crippen LogP contribution in [0.15, 0.2) is 30.5 Å². The van der Waals surface area contributed by atoms with Gasteiger partial charge in [-0.25, -0.2) is 9.78 Å². The first-order valence-electron chi connectivity index (χ1n) is 14.2. The van der Waals surface area contributed by atoms with Crippen LogP contribution in [-0.2, 0) is 24.0 Å². The van der Waals surface area contributed by atoms with E-state index in [0.29, 0.717) is 23.5 Å². The van der Waals surface area contributed by atoms with Crippen molar-refractivity contribution in [2.24, 2.45) is 23.7 Å². The number of nitrogens with zero attached hydrogens (tertiary/aromatic N) is 1. The van der Waals surface area contributed by atoms with Gasteiger partial charge in [0.1, 0.15) is 0 Å². The van der Waals surface area contributed by atoms with E-state index in [4.69, 9.17) is 35.6 Å². The summed E-state index contributed by atoms with van der Waals surface area (Å²) in [5, 5.41) is 8.79. The van der Waals surface area contributed by atoms with Gasteiger partial charge in [0.15, 0.2) is 18.2 Å². The van der Waals surface area contributed by atoms with E-state index in [1.54, 1.807) is 0 Å². The first-order valence-corrected chi connectivity index (χ1v) is 14.6. The summed E-state index contributed by atoms with van der Waals surface area (Å²) in [5.41, 5.74) is 1.44. The number of benzene rings is 1. The molecule has 2 N–H and O–H groups in total. The zero-order valence-corrected chi connectivity index (χ0v) is 23.3. The minimum atomic E-state index is -0.756. The molecule has 4 saturated heterocycles. The fraction of sp³-hybridized carbons (Fsp3) is 0.690. The van der Waals surface area contributed by atoms with Crippen molar-refractivity contribution in [1.29, 1.82) is 0 Å². The van der Waals surface area contributed by atoms with Gasteiger partial charge in [0.05, 0.1) is 12.1 Å². The molecule has 208 valence electrons. The second-order valence-electron chi connectivity index (χ2n) is 11.7. The van der Waals surface area contributed by atoms with E-state index < -0.39 is 17.7 Å². The fourth-order valence-electron chi connectivity index (χ4n) is 7.15. The smallest absolute Gasteiger partial charge is 0.201 e. The van der Waals surface area contributed by atoms with Gasteiger partial charge in [-0.15, -0.1) is 0 Å². The third-order valence-electron chi connectivity index (χ3n) is 9.21. The molecule has 8 nitrogen and oxygen atoms in total. The van der Waals surface area contributed by atoms with Crippen LogP contribution in [0.4, 0.5) is 5.69 Å².